The molecule has 4 aromatic heterocycles. The number of nitrogens with zero attached hydrogens (tertiary/aromatic N) is 10. The first-order chi connectivity index (χ1) is 33.5. The average Bonchev–Trinajstić information content (AvgIpc) is 4.11. The van der Waals surface area contributed by atoms with Gasteiger partial charge in [0.05, 0.1) is 10.8 Å². The molecule has 364 valence electrons. The van der Waals surface area contributed by atoms with Crippen molar-refractivity contribution in [1.29, 1.82) is 10.5 Å². The Labute approximate surface area is 406 Å². The molecule has 69 heavy (non-hydrogen) atoms. The molecular weight excluding hydrogens is 893 g/mol. The third-order valence-electron chi connectivity index (χ3n) is 12.5. The summed E-state index contributed by atoms with van der Waals surface area (Å²) in [6.07, 6.45) is 12.6. The van der Waals surface area contributed by atoms with Crippen molar-refractivity contribution in [2.75, 3.05) is 69.8 Å². The minimum absolute atomic E-state index is 0.0568. The molecule has 2 fully saturated rings. The number of hydrogen-bond acceptors (Lipinski definition) is 15. The predicted octanol–water partition coefficient (Wildman–Crippen LogP) is 7.75. The zero-order valence-electron chi connectivity index (χ0n) is 40.4. The van der Waals surface area contributed by atoms with E-state index in [0.29, 0.717) is 34.6 Å². The van der Waals surface area contributed by atoms with Crippen LogP contribution in [0.2, 0.25) is 0 Å². The van der Waals surface area contributed by atoms with Crippen LogP contribution in [0.5, 0.6) is 11.5 Å². The van der Waals surface area contributed by atoms with Gasteiger partial charge in [0.2, 0.25) is 11.1 Å². The zero-order chi connectivity index (χ0) is 49.3. The summed E-state index contributed by atoms with van der Waals surface area (Å²) in [5.74, 6) is 2.11. The summed E-state index contributed by atoms with van der Waals surface area (Å²) in [5, 5.41) is 23.3. The van der Waals surface area contributed by atoms with E-state index in [-0.39, 0.29) is 39.5 Å². The molecule has 0 amide bonds. The molecule has 17 nitrogen and oxygen atoms in total. The molecule has 0 spiro atoms. The normalized spacial score (nSPS) is 14.2. The largest absolute Gasteiger partial charge is 0.492 e. The first kappa shape index (κ1) is 51.7. The number of anilines is 3. The smallest absolute Gasteiger partial charge is 0.270 e. The van der Waals surface area contributed by atoms with Gasteiger partial charge < -0.3 is 30.3 Å². The van der Waals surface area contributed by atoms with Crippen molar-refractivity contribution in [3.8, 4) is 23.6 Å². The number of ether oxygens (including phenoxy) is 2. The van der Waals surface area contributed by atoms with Gasteiger partial charge in [0.15, 0.2) is 0 Å². The fourth-order valence-corrected chi connectivity index (χ4v) is 8.99. The quantitative estimate of drug-likeness (QED) is 0.0659. The number of rotatable bonds is 17. The molecule has 4 heterocycles. The second-order valence-electron chi connectivity index (χ2n) is 16.9. The Kier molecular flexibility index (Phi) is 19.2. The lowest BCUT2D eigenvalue weighted by Crippen LogP contribution is -2.27. The maximum Gasteiger partial charge on any atom is 0.270 e. The third kappa shape index (κ3) is 13.7. The number of nitrogen functional groups attached to an aromatic ring is 1. The highest BCUT2D eigenvalue weighted by Crippen LogP contribution is 2.32. The number of benzene rings is 2. The summed E-state index contributed by atoms with van der Waals surface area (Å²) in [7, 11) is -1.31. The average molecular weight is 957 g/mol. The van der Waals surface area contributed by atoms with Crippen molar-refractivity contribution in [2.24, 2.45) is 0 Å². The summed E-state index contributed by atoms with van der Waals surface area (Å²) in [5.41, 5.74) is 7.88. The van der Waals surface area contributed by atoms with Crippen LogP contribution in [0.3, 0.4) is 0 Å². The van der Waals surface area contributed by atoms with Crippen LogP contribution in [0, 0.1) is 22.7 Å². The van der Waals surface area contributed by atoms with E-state index in [0.717, 1.165) is 120 Å². The van der Waals surface area contributed by atoms with Crippen LogP contribution in [-0.4, -0.2) is 102 Å². The van der Waals surface area contributed by atoms with Crippen LogP contribution in [0.1, 0.15) is 102 Å². The van der Waals surface area contributed by atoms with Gasteiger partial charge >= 0.3 is 0 Å². The van der Waals surface area contributed by atoms with Gasteiger partial charge in [0, 0.05) is 66.0 Å². The highest BCUT2D eigenvalue weighted by atomic mass is 32.2. The molecule has 3 N–H and O–H groups in total. The van der Waals surface area contributed by atoms with E-state index < -0.39 is 10.8 Å². The standard InChI is InChI=1S/C25H30N6O2.C14H14N4O2S.C12H20N2O/c1-3-30(4-2)13-14-33-22-11-9-20(10-12-22)28-25-27-17-19-15-18(16-26)24(32)31(23(19)29-25)21-7-5-6-8-21;1-21(20)14-16-8-10-6-9(7-15)13(19)18(12(10)17-14)11-4-2-3-5-11;1-3-14(4-2)9-10-15-12-7-5-11(13)6-8-12/h9-12,15,17,21H,3-8,13-14H2,1-2H3,(H,27,28,29);6,8,11H,2-5H2,1H3;5-8H,3-4,9-10,13H2,1-2H3. The minimum Gasteiger partial charge on any atom is -0.492 e. The third-order valence-corrected chi connectivity index (χ3v) is 13.2. The first-order valence-corrected chi connectivity index (χ1v) is 25.5. The number of pyridine rings is 2. The van der Waals surface area contributed by atoms with E-state index in [4.69, 9.17) is 20.5 Å². The maximum atomic E-state index is 12.9. The molecular formula is C51H64N12O5S. The molecule has 1 unspecified atom stereocenters. The number of aromatic nitrogens is 6. The molecule has 1 atom stereocenters. The Morgan fingerprint density at radius 1 is 0.696 bits per heavy atom. The monoisotopic (exact) mass is 956 g/mol. The van der Waals surface area contributed by atoms with E-state index in [1.165, 1.54) is 18.5 Å². The highest BCUT2D eigenvalue weighted by molar-refractivity contribution is 7.84. The van der Waals surface area contributed by atoms with Gasteiger partial charge in [-0.2, -0.15) is 15.5 Å². The van der Waals surface area contributed by atoms with Crippen molar-refractivity contribution in [2.45, 2.75) is 96.3 Å². The number of fused-ring (bicyclic) bond motifs is 2. The van der Waals surface area contributed by atoms with Gasteiger partial charge in [-0.3, -0.25) is 22.9 Å². The molecule has 2 aliphatic carbocycles. The van der Waals surface area contributed by atoms with Crippen molar-refractivity contribution in [1.82, 2.24) is 38.9 Å². The molecule has 2 aromatic carbocycles. The van der Waals surface area contributed by atoms with Crippen LogP contribution in [0.25, 0.3) is 22.1 Å². The maximum absolute atomic E-state index is 12.9. The van der Waals surface area contributed by atoms with Crippen LogP contribution >= 0.6 is 0 Å². The molecule has 0 aliphatic heterocycles. The zero-order valence-corrected chi connectivity index (χ0v) is 41.2. The summed E-state index contributed by atoms with van der Waals surface area (Å²) >= 11 is 0. The SMILES string of the molecule is CCN(CC)CCOc1ccc(N)cc1.CCN(CC)CCOc1ccc(Nc2ncc3cc(C#N)c(=O)n(C4CCCC4)c3n2)cc1.CS(=O)c1ncc2cc(C#N)c(=O)n(C3CCCC3)c2n1. The Balaban J connectivity index is 0.000000186. The van der Waals surface area contributed by atoms with E-state index in [1.807, 2.05) is 60.7 Å². The summed E-state index contributed by atoms with van der Waals surface area (Å²) in [4.78, 5) is 47.5. The van der Waals surface area contributed by atoms with Crippen LogP contribution < -0.4 is 31.6 Å². The Morgan fingerprint density at radius 3 is 1.57 bits per heavy atom. The lowest BCUT2D eigenvalue weighted by molar-refractivity contribution is 0.223. The molecule has 0 radical (unpaired) electrons. The number of hydrogen-bond donors (Lipinski definition) is 2. The van der Waals surface area contributed by atoms with E-state index in [1.54, 1.807) is 21.4 Å². The van der Waals surface area contributed by atoms with Crippen LogP contribution in [0.15, 0.2) is 87.8 Å². The van der Waals surface area contributed by atoms with Crippen LogP contribution in [0.4, 0.5) is 17.3 Å². The van der Waals surface area contributed by atoms with Gasteiger partial charge in [-0.1, -0.05) is 53.4 Å². The molecule has 18 heteroatoms. The summed E-state index contributed by atoms with van der Waals surface area (Å²) in [6, 6.07) is 22.4. The van der Waals surface area contributed by atoms with Crippen molar-refractivity contribution in [3.63, 3.8) is 0 Å². The predicted molar refractivity (Wildman–Crippen MR) is 272 cm³/mol. The number of nitrogens with one attached hydrogen (secondary N) is 1. The number of likely N-dealkylation sites (N-methyl/N-ethyl adjacent to an activating group) is 2. The van der Waals surface area contributed by atoms with Crippen molar-refractivity contribution in [3.05, 3.63) is 105 Å². The Morgan fingerprint density at radius 2 is 1.13 bits per heavy atom. The van der Waals surface area contributed by atoms with Crippen LogP contribution in [-0.2, 0) is 10.8 Å². The van der Waals surface area contributed by atoms with Gasteiger partial charge in [-0.15, -0.1) is 0 Å². The topological polar surface area (TPSA) is 223 Å². The number of nitrogens with two attached hydrogens (primary N) is 1. The Hall–Kier alpha value is -6.73. The van der Waals surface area contributed by atoms with E-state index in [2.05, 4.69) is 62.7 Å². The van der Waals surface area contributed by atoms with Gasteiger partial charge in [0.1, 0.15) is 59.3 Å². The fourth-order valence-electron chi connectivity index (χ4n) is 8.58. The molecule has 0 bridgehead atoms. The minimum atomic E-state index is -1.31. The first-order valence-electron chi connectivity index (χ1n) is 23.9. The summed E-state index contributed by atoms with van der Waals surface area (Å²) < 4.78 is 26.3. The lowest BCUT2D eigenvalue weighted by atomic mass is 10.2. The molecule has 8 rings (SSSR count). The second kappa shape index (κ2) is 25.6. The lowest BCUT2D eigenvalue weighted by Gasteiger charge is -2.18. The van der Waals surface area contributed by atoms with Gasteiger partial charge in [-0.25, -0.2) is 15.0 Å². The fraction of sp³-hybridized carbons (Fsp3) is 0.451. The van der Waals surface area contributed by atoms with Crippen molar-refractivity contribution < 1.29 is 13.7 Å². The second-order valence-corrected chi connectivity index (χ2v) is 18.2. The Bertz CT molecular complexity index is 2860. The molecule has 6 aromatic rings. The number of nitriles is 2. The van der Waals surface area contributed by atoms with Gasteiger partial charge in [-0.05, 0) is 113 Å². The van der Waals surface area contributed by atoms with E-state index >= 15 is 0 Å². The van der Waals surface area contributed by atoms with E-state index in [9.17, 15) is 19.1 Å². The molecule has 2 saturated carbocycles. The van der Waals surface area contributed by atoms with Gasteiger partial charge in [0.25, 0.3) is 11.1 Å². The molecule has 2 aliphatic rings. The summed E-state index contributed by atoms with van der Waals surface area (Å²) in [6.45, 7) is 16.0. The molecule has 0 saturated heterocycles. The highest BCUT2D eigenvalue weighted by Gasteiger charge is 2.24. The van der Waals surface area contributed by atoms with Crippen molar-refractivity contribution >= 4 is 50.2 Å².